The second kappa shape index (κ2) is 4.64. The van der Waals surface area contributed by atoms with Gasteiger partial charge in [-0.2, -0.15) is 0 Å². The molecule has 0 heterocycles. The van der Waals surface area contributed by atoms with Crippen LogP contribution in [0, 0.1) is 24.4 Å². The molecule has 0 aliphatic rings. The van der Waals surface area contributed by atoms with Crippen molar-refractivity contribution in [1.82, 2.24) is 0 Å². The molecule has 2 aromatic rings. The second-order valence-electron chi connectivity index (χ2n) is 3.86. The first-order valence-electron chi connectivity index (χ1n) is 5.26. The standard InChI is InChI=1S/C14H9F3O/c1-8-4-2-5-9(13(8)17)14(18)12-10(15)6-3-7-11(12)16/h2-7H,1H3. The van der Waals surface area contributed by atoms with Crippen LogP contribution in [0.2, 0.25) is 0 Å². The number of hydrogen-bond donors (Lipinski definition) is 0. The smallest absolute Gasteiger partial charge is 0.201 e. The van der Waals surface area contributed by atoms with Gasteiger partial charge in [-0.25, -0.2) is 13.2 Å². The largest absolute Gasteiger partial charge is 0.288 e. The van der Waals surface area contributed by atoms with Gasteiger partial charge in [0.25, 0.3) is 0 Å². The molecule has 0 amide bonds. The van der Waals surface area contributed by atoms with Crippen molar-refractivity contribution >= 4 is 5.78 Å². The van der Waals surface area contributed by atoms with Gasteiger partial charge >= 0.3 is 0 Å². The van der Waals surface area contributed by atoms with E-state index in [1.165, 1.54) is 25.1 Å². The lowest BCUT2D eigenvalue weighted by molar-refractivity contribution is 0.102. The average molecular weight is 250 g/mol. The summed E-state index contributed by atoms with van der Waals surface area (Å²) in [6.45, 7) is 1.48. The Morgan fingerprint density at radius 1 is 0.944 bits per heavy atom. The third kappa shape index (κ3) is 2.01. The molecular weight excluding hydrogens is 241 g/mol. The molecule has 0 saturated carbocycles. The summed E-state index contributed by atoms with van der Waals surface area (Å²) >= 11 is 0. The number of rotatable bonds is 2. The molecule has 0 unspecified atom stereocenters. The lowest BCUT2D eigenvalue weighted by Crippen LogP contribution is -2.10. The van der Waals surface area contributed by atoms with Gasteiger partial charge in [0.15, 0.2) is 0 Å². The summed E-state index contributed by atoms with van der Waals surface area (Å²) < 4.78 is 40.6. The molecule has 0 saturated heterocycles. The Morgan fingerprint density at radius 3 is 2.11 bits per heavy atom. The first-order valence-corrected chi connectivity index (χ1v) is 5.26. The van der Waals surface area contributed by atoms with Crippen molar-refractivity contribution in [3.8, 4) is 0 Å². The van der Waals surface area contributed by atoms with Crippen molar-refractivity contribution in [1.29, 1.82) is 0 Å². The van der Waals surface area contributed by atoms with Gasteiger partial charge < -0.3 is 0 Å². The second-order valence-corrected chi connectivity index (χ2v) is 3.86. The summed E-state index contributed by atoms with van der Waals surface area (Å²) in [5.41, 5.74) is -0.821. The van der Waals surface area contributed by atoms with Crippen LogP contribution in [-0.4, -0.2) is 5.78 Å². The summed E-state index contributed by atoms with van der Waals surface area (Å²) in [6.07, 6.45) is 0. The molecule has 4 heteroatoms. The summed E-state index contributed by atoms with van der Waals surface area (Å²) in [6, 6.07) is 7.22. The molecule has 0 spiro atoms. The molecule has 0 aromatic heterocycles. The number of benzene rings is 2. The molecular formula is C14H9F3O. The average Bonchev–Trinajstić information content (AvgIpc) is 2.32. The predicted octanol–water partition coefficient (Wildman–Crippen LogP) is 3.64. The van der Waals surface area contributed by atoms with Crippen molar-refractivity contribution in [3.63, 3.8) is 0 Å². The fourth-order valence-electron chi connectivity index (χ4n) is 1.67. The third-order valence-electron chi connectivity index (χ3n) is 2.63. The minimum Gasteiger partial charge on any atom is -0.288 e. The van der Waals surface area contributed by atoms with Crippen LogP contribution >= 0.6 is 0 Å². The van der Waals surface area contributed by atoms with Crippen molar-refractivity contribution in [2.24, 2.45) is 0 Å². The normalized spacial score (nSPS) is 10.4. The quantitative estimate of drug-likeness (QED) is 0.743. The maximum atomic E-state index is 13.7. The molecule has 0 atom stereocenters. The van der Waals surface area contributed by atoms with Crippen LogP contribution in [-0.2, 0) is 0 Å². The number of carbonyl (C=O) groups excluding carboxylic acids is 1. The van der Waals surface area contributed by atoms with Gasteiger partial charge in [0.05, 0.1) is 11.1 Å². The van der Waals surface area contributed by atoms with E-state index in [1.54, 1.807) is 0 Å². The van der Waals surface area contributed by atoms with Gasteiger partial charge in [0.1, 0.15) is 17.5 Å². The molecule has 92 valence electrons. The summed E-state index contributed by atoms with van der Waals surface area (Å²) in [5, 5.41) is 0. The first kappa shape index (κ1) is 12.4. The van der Waals surface area contributed by atoms with E-state index in [2.05, 4.69) is 0 Å². The van der Waals surface area contributed by atoms with Gasteiger partial charge in [-0.1, -0.05) is 18.2 Å². The van der Waals surface area contributed by atoms with Crippen LogP contribution in [0.25, 0.3) is 0 Å². The Hall–Kier alpha value is -2.10. The third-order valence-corrected chi connectivity index (χ3v) is 2.63. The Labute approximate surface area is 102 Å². The zero-order valence-electron chi connectivity index (χ0n) is 9.51. The van der Waals surface area contributed by atoms with E-state index < -0.39 is 28.8 Å². The van der Waals surface area contributed by atoms with Gasteiger partial charge in [0.2, 0.25) is 5.78 Å². The van der Waals surface area contributed by atoms with E-state index in [0.717, 1.165) is 18.2 Å². The van der Waals surface area contributed by atoms with E-state index in [9.17, 15) is 18.0 Å². The highest BCUT2D eigenvalue weighted by atomic mass is 19.1. The lowest BCUT2D eigenvalue weighted by atomic mass is 10.00. The molecule has 0 bridgehead atoms. The van der Waals surface area contributed by atoms with E-state index in [1.807, 2.05) is 0 Å². The molecule has 0 fully saturated rings. The molecule has 2 rings (SSSR count). The van der Waals surface area contributed by atoms with Gasteiger partial charge in [-0.3, -0.25) is 4.79 Å². The fraction of sp³-hybridized carbons (Fsp3) is 0.0714. The molecule has 0 N–H and O–H groups in total. The number of ketones is 1. The molecule has 0 radical (unpaired) electrons. The Morgan fingerprint density at radius 2 is 1.50 bits per heavy atom. The van der Waals surface area contributed by atoms with Crippen LogP contribution in [0.5, 0.6) is 0 Å². The van der Waals surface area contributed by atoms with Crippen LogP contribution < -0.4 is 0 Å². The van der Waals surface area contributed by atoms with E-state index in [-0.39, 0.29) is 11.1 Å². The van der Waals surface area contributed by atoms with Crippen molar-refractivity contribution < 1.29 is 18.0 Å². The predicted molar refractivity (Wildman–Crippen MR) is 60.9 cm³/mol. The van der Waals surface area contributed by atoms with Crippen LogP contribution in [0.4, 0.5) is 13.2 Å². The SMILES string of the molecule is Cc1cccc(C(=O)c2c(F)cccc2F)c1F. The highest BCUT2D eigenvalue weighted by Crippen LogP contribution is 2.20. The molecule has 0 aliphatic carbocycles. The Kier molecular flexibility index (Phi) is 3.19. The zero-order valence-corrected chi connectivity index (χ0v) is 9.51. The van der Waals surface area contributed by atoms with Gasteiger partial charge in [-0.15, -0.1) is 0 Å². The van der Waals surface area contributed by atoms with Crippen molar-refractivity contribution in [2.75, 3.05) is 0 Å². The van der Waals surface area contributed by atoms with Crippen molar-refractivity contribution in [3.05, 3.63) is 70.5 Å². The van der Waals surface area contributed by atoms with Crippen molar-refractivity contribution in [2.45, 2.75) is 6.92 Å². The molecule has 2 aromatic carbocycles. The monoisotopic (exact) mass is 250 g/mol. The number of halogens is 3. The topological polar surface area (TPSA) is 17.1 Å². The Balaban J connectivity index is 2.59. The highest BCUT2D eigenvalue weighted by molar-refractivity contribution is 6.09. The molecule has 0 aliphatic heterocycles. The maximum absolute atomic E-state index is 13.7. The fourth-order valence-corrected chi connectivity index (χ4v) is 1.67. The van der Waals surface area contributed by atoms with E-state index in [4.69, 9.17) is 0 Å². The zero-order chi connectivity index (χ0) is 13.3. The minimum atomic E-state index is -0.999. The lowest BCUT2D eigenvalue weighted by Gasteiger charge is -2.06. The minimum absolute atomic E-state index is 0.248. The highest BCUT2D eigenvalue weighted by Gasteiger charge is 2.21. The summed E-state index contributed by atoms with van der Waals surface area (Å²) in [7, 11) is 0. The van der Waals surface area contributed by atoms with Crippen LogP contribution in [0.1, 0.15) is 21.5 Å². The van der Waals surface area contributed by atoms with Crippen LogP contribution in [0.15, 0.2) is 36.4 Å². The van der Waals surface area contributed by atoms with Gasteiger partial charge in [-0.05, 0) is 30.7 Å². The number of hydrogen-bond acceptors (Lipinski definition) is 1. The number of carbonyl (C=O) groups is 1. The first-order chi connectivity index (χ1) is 8.52. The van der Waals surface area contributed by atoms with Crippen LogP contribution in [0.3, 0.4) is 0 Å². The van der Waals surface area contributed by atoms with E-state index >= 15 is 0 Å². The summed E-state index contributed by atoms with van der Waals surface area (Å²) in [5.74, 6) is -3.75. The Bertz CT molecular complexity index is 600. The van der Waals surface area contributed by atoms with Gasteiger partial charge in [0, 0.05) is 0 Å². The molecule has 1 nitrogen and oxygen atoms in total. The maximum Gasteiger partial charge on any atom is 0.201 e. The molecule has 18 heavy (non-hydrogen) atoms. The summed E-state index contributed by atoms with van der Waals surface area (Å²) in [4.78, 5) is 11.9. The van der Waals surface area contributed by atoms with E-state index in [0.29, 0.717) is 0 Å². The number of aryl methyl sites for hydroxylation is 1.